The van der Waals surface area contributed by atoms with Crippen LogP contribution in [-0.4, -0.2) is 42.1 Å². The molecule has 1 amide bonds. The van der Waals surface area contributed by atoms with Gasteiger partial charge in [-0.05, 0) is 30.0 Å². The van der Waals surface area contributed by atoms with Crippen LogP contribution in [-0.2, 0) is 16.1 Å². The molecule has 5 heteroatoms. The Kier molecular flexibility index (Phi) is 5.62. The summed E-state index contributed by atoms with van der Waals surface area (Å²) in [4.78, 5) is 21.0. The van der Waals surface area contributed by atoms with E-state index in [4.69, 9.17) is 4.84 Å². The Morgan fingerprint density at radius 1 is 1.15 bits per heavy atom. The number of benzene rings is 2. The third-order valence-corrected chi connectivity index (χ3v) is 6.55. The first-order valence-electron chi connectivity index (χ1n) is 9.57. The average molecular weight is 429 g/mol. The molecular weight excluding hydrogens is 404 g/mol. The van der Waals surface area contributed by atoms with E-state index in [1.165, 1.54) is 11.1 Å². The number of hydrogen-bond donors (Lipinski definition) is 0. The number of nitrogens with zero attached hydrogens (tertiary/aromatic N) is 2. The number of hydroxylamine groups is 2. The summed E-state index contributed by atoms with van der Waals surface area (Å²) in [6, 6.07) is 18.9. The van der Waals surface area contributed by atoms with E-state index in [0.717, 1.165) is 23.9 Å². The number of amides is 1. The molecule has 2 aromatic carbocycles. The summed E-state index contributed by atoms with van der Waals surface area (Å²) in [5.74, 6) is 0.613. The van der Waals surface area contributed by atoms with Crippen LogP contribution in [0.4, 0.5) is 0 Å². The largest absolute Gasteiger partial charge is 0.335 e. The van der Waals surface area contributed by atoms with E-state index >= 15 is 0 Å². The number of hydrogen-bond acceptors (Lipinski definition) is 3. The highest BCUT2D eigenvalue weighted by Crippen LogP contribution is 2.41. The molecule has 27 heavy (non-hydrogen) atoms. The number of piperidine rings is 1. The van der Waals surface area contributed by atoms with Gasteiger partial charge in [0, 0.05) is 36.4 Å². The van der Waals surface area contributed by atoms with Crippen molar-refractivity contribution < 1.29 is 9.63 Å². The molecule has 0 bridgehead atoms. The molecule has 4 nitrogen and oxygen atoms in total. The van der Waals surface area contributed by atoms with E-state index in [-0.39, 0.29) is 11.9 Å². The Labute approximate surface area is 169 Å². The second-order valence-electron chi connectivity index (χ2n) is 7.47. The summed E-state index contributed by atoms with van der Waals surface area (Å²) < 4.78 is 1.07. The molecule has 0 aromatic heterocycles. The molecule has 4 rings (SSSR count). The predicted molar refractivity (Wildman–Crippen MR) is 109 cm³/mol. The van der Waals surface area contributed by atoms with Crippen LogP contribution in [0, 0.1) is 5.92 Å². The van der Waals surface area contributed by atoms with Gasteiger partial charge in [-0.25, -0.2) is 0 Å². The minimum Gasteiger partial charge on any atom is -0.335 e. The molecule has 2 heterocycles. The number of likely N-dealkylation sites (tertiary alicyclic amines) is 1. The molecule has 2 saturated heterocycles. The zero-order valence-corrected chi connectivity index (χ0v) is 17.1. The highest BCUT2D eigenvalue weighted by Gasteiger charge is 2.44. The number of carbonyl (C=O) groups excluding carboxylic acids is 1. The van der Waals surface area contributed by atoms with Gasteiger partial charge < -0.3 is 4.90 Å². The SMILES string of the molecule is CN1OC[C@@H]2CN(C(=O)CCc3ccccc3)[C@H](c3ccccc3Br)C[C@@H]21. The molecule has 2 aliphatic heterocycles. The standard InChI is InChI=1S/C22H25BrN2O2/c1-24-20-13-21(18-9-5-6-10-19(18)23)25(14-17(20)15-27-24)22(26)12-11-16-7-3-2-4-8-16/h2-10,17,20-21H,11-15H2,1H3/t17-,20-,21-/m0/s1. The first-order valence-corrected chi connectivity index (χ1v) is 10.4. The van der Waals surface area contributed by atoms with Crippen LogP contribution in [0.5, 0.6) is 0 Å². The number of aryl methyl sites for hydroxylation is 1. The summed E-state index contributed by atoms with van der Waals surface area (Å²) in [6.07, 6.45) is 2.23. The van der Waals surface area contributed by atoms with Gasteiger partial charge in [-0.15, -0.1) is 0 Å². The number of fused-ring (bicyclic) bond motifs is 1. The molecule has 2 aliphatic rings. The van der Waals surface area contributed by atoms with Crippen LogP contribution in [0.15, 0.2) is 59.1 Å². The van der Waals surface area contributed by atoms with E-state index in [1.54, 1.807) is 0 Å². The van der Waals surface area contributed by atoms with Gasteiger partial charge in [0.05, 0.1) is 12.6 Å². The van der Waals surface area contributed by atoms with Crippen molar-refractivity contribution in [2.24, 2.45) is 5.92 Å². The first kappa shape index (κ1) is 18.7. The van der Waals surface area contributed by atoms with Gasteiger partial charge in [-0.3, -0.25) is 9.63 Å². The normalized spacial score (nSPS) is 25.4. The lowest BCUT2D eigenvalue weighted by molar-refractivity contribution is -0.139. The quantitative estimate of drug-likeness (QED) is 0.730. The summed E-state index contributed by atoms with van der Waals surface area (Å²) in [5, 5.41) is 1.99. The summed E-state index contributed by atoms with van der Waals surface area (Å²) in [6.45, 7) is 1.46. The maximum atomic E-state index is 13.2. The highest BCUT2D eigenvalue weighted by atomic mass is 79.9. The lowest BCUT2D eigenvalue weighted by atomic mass is 9.85. The molecule has 3 atom stereocenters. The Balaban J connectivity index is 1.55. The van der Waals surface area contributed by atoms with Crippen LogP contribution in [0.2, 0.25) is 0 Å². The number of halogens is 1. The molecule has 0 radical (unpaired) electrons. The van der Waals surface area contributed by atoms with Crippen molar-refractivity contribution in [2.45, 2.75) is 31.3 Å². The maximum absolute atomic E-state index is 13.2. The van der Waals surface area contributed by atoms with Crippen molar-refractivity contribution >= 4 is 21.8 Å². The smallest absolute Gasteiger partial charge is 0.223 e. The van der Waals surface area contributed by atoms with Crippen molar-refractivity contribution in [2.75, 3.05) is 20.2 Å². The zero-order chi connectivity index (χ0) is 18.8. The topological polar surface area (TPSA) is 32.8 Å². The Morgan fingerprint density at radius 3 is 2.67 bits per heavy atom. The monoisotopic (exact) mass is 428 g/mol. The molecule has 0 spiro atoms. The van der Waals surface area contributed by atoms with Gasteiger partial charge in [0.1, 0.15) is 0 Å². The second kappa shape index (κ2) is 8.13. The summed E-state index contributed by atoms with van der Waals surface area (Å²) in [7, 11) is 2.01. The van der Waals surface area contributed by atoms with Gasteiger partial charge in [-0.2, -0.15) is 5.06 Å². The average Bonchev–Trinajstić information content (AvgIpc) is 3.06. The fourth-order valence-electron chi connectivity index (χ4n) is 4.32. The molecule has 2 aromatic rings. The van der Waals surface area contributed by atoms with Gasteiger partial charge in [0.2, 0.25) is 5.91 Å². The van der Waals surface area contributed by atoms with E-state index in [0.29, 0.717) is 25.0 Å². The Morgan fingerprint density at radius 2 is 1.89 bits per heavy atom. The maximum Gasteiger partial charge on any atom is 0.223 e. The lowest BCUT2D eigenvalue weighted by Gasteiger charge is -2.42. The van der Waals surface area contributed by atoms with Gasteiger partial charge in [-0.1, -0.05) is 64.5 Å². The van der Waals surface area contributed by atoms with E-state index < -0.39 is 0 Å². The van der Waals surface area contributed by atoms with E-state index in [1.807, 2.05) is 42.4 Å². The molecular formula is C22H25BrN2O2. The lowest BCUT2D eigenvalue weighted by Crippen LogP contribution is -2.49. The minimum atomic E-state index is 0.0780. The van der Waals surface area contributed by atoms with Gasteiger partial charge in [0.15, 0.2) is 0 Å². The second-order valence-corrected chi connectivity index (χ2v) is 8.33. The van der Waals surface area contributed by atoms with Crippen LogP contribution >= 0.6 is 15.9 Å². The fraction of sp³-hybridized carbons (Fsp3) is 0.409. The third kappa shape index (κ3) is 3.96. The molecule has 0 N–H and O–H groups in total. The van der Waals surface area contributed by atoms with Crippen molar-refractivity contribution in [3.05, 3.63) is 70.2 Å². The van der Waals surface area contributed by atoms with Crippen LogP contribution in [0.1, 0.15) is 30.0 Å². The first-order chi connectivity index (χ1) is 13.1. The van der Waals surface area contributed by atoms with Crippen LogP contribution in [0.3, 0.4) is 0 Å². The predicted octanol–water partition coefficient (Wildman–Crippen LogP) is 4.22. The van der Waals surface area contributed by atoms with Crippen LogP contribution < -0.4 is 0 Å². The summed E-state index contributed by atoms with van der Waals surface area (Å²) in [5.41, 5.74) is 2.39. The highest BCUT2D eigenvalue weighted by molar-refractivity contribution is 9.10. The van der Waals surface area contributed by atoms with E-state index in [9.17, 15) is 4.79 Å². The Bertz CT molecular complexity index is 798. The fourth-order valence-corrected chi connectivity index (χ4v) is 4.87. The molecule has 0 saturated carbocycles. The molecule has 142 valence electrons. The third-order valence-electron chi connectivity index (χ3n) is 5.83. The van der Waals surface area contributed by atoms with Crippen molar-refractivity contribution in [1.82, 2.24) is 9.96 Å². The Hall–Kier alpha value is -1.69. The molecule has 0 aliphatic carbocycles. The minimum absolute atomic E-state index is 0.0780. The molecule has 2 fully saturated rings. The number of carbonyl (C=O) groups is 1. The van der Waals surface area contributed by atoms with Gasteiger partial charge >= 0.3 is 0 Å². The van der Waals surface area contributed by atoms with Crippen LogP contribution in [0.25, 0.3) is 0 Å². The molecule has 0 unspecified atom stereocenters. The van der Waals surface area contributed by atoms with Gasteiger partial charge in [0.25, 0.3) is 0 Å². The number of rotatable bonds is 4. The zero-order valence-electron chi connectivity index (χ0n) is 15.6. The van der Waals surface area contributed by atoms with Crippen molar-refractivity contribution in [3.8, 4) is 0 Å². The van der Waals surface area contributed by atoms with Crippen molar-refractivity contribution in [1.29, 1.82) is 0 Å². The van der Waals surface area contributed by atoms with E-state index in [2.05, 4.69) is 45.1 Å². The van der Waals surface area contributed by atoms with Crippen molar-refractivity contribution in [3.63, 3.8) is 0 Å². The summed E-state index contributed by atoms with van der Waals surface area (Å²) >= 11 is 3.69.